The lowest BCUT2D eigenvalue weighted by molar-refractivity contribution is -0.0493. The van der Waals surface area contributed by atoms with Gasteiger partial charge in [-0.2, -0.15) is 8.78 Å². The van der Waals surface area contributed by atoms with Gasteiger partial charge in [-0.15, -0.1) is 0 Å². The van der Waals surface area contributed by atoms with Crippen LogP contribution in [0, 0.1) is 0 Å². The minimum absolute atomic E-state index is 0.0209. The van der Waals surface area contributed by atoms with Crippen LogP contribution >= 0.6 is 11.6 Å². The second-order valence-corrected chi connectivity index (χ2v) is 6.38. The van der Waals surface area contributed by atoms with Gasteiger partial charge < -0.3 is 25.8 Å². The highest BCUT2D eigenvalue weighted by Crippen LogP contribution is 2.30. The summed E-state index contributed by atoms with van der Waals surface area (Å²) < 4.78 is 35.0. The molecule has 0 unspecified atom stereocenters. The number of hydrogen-bond acceptors (Lipinski definition) is 5. The first kappa shape index (κ1) is 21.8. The van der Waals surface area contributed by atoms with Crippen LogP contribution in [0.15, 0.2) is 60.8 Å². The summed E-state index contributed by atoms with van der Waals surface area (Å²) in [6.45, 7) is -3.06. The Morgan fingerprint density at radius 1 is 1.03 bits per heavy atom. The smallest absolute Gasteiger partial charge is 0.387 e. The normalized spacial score (nSPS) is 10.5. The fourth-order valence-electron chi connectivity index (χ4n) is 2.47. The Morgan fingerprint density at radius 3 is 2.45 bits per heavy atom. The number of nitrogens with zero attached hydrogens (tertiary/aromatic N) is 1. The number of carbonyl (C=O) groups is 2. The number of nitrogens with one attached hydrogen (secondary N) is 2. The van der Waals surface area contributed by atoms with E-state index in [4.69, 9.17) is 22.1 Å². The summed E-state index contributed by atoms with van der Waals surface area (Å²) in [5.74, 6) is -0.424. The Hall–Kier alpha value is -3.92. The maximum atomic E-state index is 12.5. The molecular formula is C20H15ClF2N4O4. The first-order valence-corrected chi connectivity index (χ1v) is 9.04. The zero-order valence-electron chi connectivity index (χ0n) is 15.6. The second-order valence-electron chi connectivity index (χ2n) is 5.94. The summed E-state index contributed by atoms with van der Waals surface area (Å²) in [6.07, 6.45) is 1.41. The summed E-state index contributed by atoms with van der Waals surface area (Å²) >= 11 is 5.85. The summed E-state index contributed by atoms with van der Waals surface area (Å²) in [7, 11) is 0. The Bertz CT molecular complexity index is 1100. The number of ether oxygens (including phenoxy) is 2. The van der Waals surface area contributed by atoms with Crippen LogP contribution < -0.4 is 25.8 Å². The van der Waals surface area contributed by atoms with Crippen molar-refractivity contribution in [2.24, 2.45) is 5.73 Å². The SMILES string of the molecule is NC(=O)c1ncccc1Oc1ccc(NC(=O)Nc2cc(Cl)ccc2OC(F)F)cc1. The van der Waals surface area contributed by atoms with Crippen LogP contribution in [0.3, 0.4) is 0 Å². The molecule has 4 N–H and O–H groups in total. The zero-order chi connectivity index (χ0) is 22.4. The van der Waals surface area contributed by atoms with E-state index >= 15 is 0 Å². The molecule has 1 heterocycles. The highest BCUT2D eigenvalue weighted by Gasteiger charge is 2.14. The average molecular weight is 449 g/mol. The third-order valence-corrected chi connectivity index (χ3v) is 3.99. The maximum absolute atomic E-state index is 12.5. The Labute approximate surface area is 179 Å². The van der Waals surface area contributed by atoms with E-state index in [2.05, 4.69) is 20.4 Å². The van der Waals surface area contributed by atoms with E-state index in [1.807, 2.05) is 0 Å². The van der Waals surface area contributed by atoms with Gasteiger partial charge in [-0.3, -0.25) is 4.79 Å². The number of amides is 3. The van der Waals surface area contributed by atoms with E-state index in [0.29, 0.717) is 11.4 Å². The number of nitrogens with two attached hydrogens (primary N) is 1. The summed E-state index contributed by atoms with van der Waals surface area (Å²) in [5.41, 5.74) is 5.59. The van der Waals surface area contributed by atoms with Gasteiger partial charge in [0.05, 0.1) is 5.69 Å². The second kappa shape index (κ2) is 9.72. The summed E-state index contributed by atoms with van der Waals surface area (Å²) in [4.78, 5) is 27.5. The average Bonchev–Trinajstić information content (AvgIpc) is 2.71. The van der Waals surface area contributed by atoms with E-state index < -0.39 is 18.5 Å². The minimum Gasteiger partial charge on any atom is -0.455 e. The van der Waals surface area contributed by atoms with Crippen molar-refractivity contribution in [1.29, 1.82) is 0 Å². The predicted octanol–water partition coefficient (Wildman–Crippen LogP) is 4.87. The maximum Gasteiger partial charge on any atom is 0.387 e. The van der Waals surface area contributed by atoms with Crippen LogP contribution in [0.1, 0.15) is 10.5 Å². The number of primary amides is 1. The van der Waals surface area contributed by atoms with E-state index in [1.165, 1.54) is 54.7 Å². The lowest BCUT2D eigenvalue weighted by Crippen LogP contribution is -2.20. The van der Waals surface area contributed by atoms with Gasteiger partial charge in [0.15, 0.2) is 11.4 Å². The van der Waals surface area contributed by atoms with Crippen molar-refractivity contribution in [1.82, 2.24) is 4.98 Å². The molecule has 3 aromatic rings. The largest absolute Gasteiger partial charge is 0.455 e. The molecule has 0 radical (unpaired) electrons. The van der Waals surface area contributed by atoms with Crippen molar-refractivity contribution in [3.05, 3.63) is 71.5 Å². The van der Waals surface area contributed by atoms with Crippen molar-refractivity contribution in [2.45, 2.75) is 6.61 Å². The number of halogens is 3. The van der Waals surface area contributed by atoms with Crippen LogP contribution in [0.4, 0.5) is 25.0 Å². The van der Waals surface area contributed by atoms with Crippen LogP contribution in [0.25, 0.3) is 0 Å². The van der Waals surface area contributed by atoms with Crippen LogP contribution in [0.2, 0.25) is 5.02 Å². The summed E-state index contributed by atoms with van der Waals surface area (Å²) in [6, 6.07) is 12.4. The predicted molar refractivity (Wildman–Crippen MR) is 110 cm³/mol. The standard InChI is InChI=1S/C20H15ClF2N4O4/c21-11-3-8-15(31-19(22)23)14(10-11)27-20(29)26-12-4-6-13(7-5-12)30-16-2-1-9-25-17(16)18(24)28/h1-10,19H,(H2,24,28)(H2,26,27,29). The molecule has 11 heteroatoms. The molecule has 3 rings (SSSR count). The molecule has 0 saturated heterocycles. The third-order valence-electron chi connectivity index (χ3n) is 3.75. The third kappa shape index (κ3) is 6.03. The van der Waals surface area contributed by atoms with Gasteiger partial charge in [-0.25, -0.2) is 9.78 Å². The Morgan fingerprint density at radius 2 is 1.77 bits per heavy atom. The van der Waals surface area contributed by atoms with E-state index in [1.54, 1.807) is 6.07 Å². The molecule has 0 atom stereocenters. The monoisotopic (exact) mass is 448 g/mol. The van der Waals surface area contributed by atoms with E-state index in [-0.39, 0.29) is 27.9 Å². The number of carbonyl (C=O) groups excluding carboxylic acids is 2. The van der Waals surface area contributed by atoms with E-state index in [9.17, 15) is 18.4 Å². The molecule has 0 aliphatic carbocycles. The highest BCUT2D eigenvalue weighted by molar-refractivity contribution is 6.31. The van der Waals surface area contributed by atoms with Crippen LogP contribution in [-0.4, -0.2) is 23.5 Å². The fraction of sp³-hybridized carbons (Fsp3) is 0.0500. The molecule has 2 aromatic carbocycles. The fourth-order valence-corrected chi connectivity index (χ4v) is 2.65. The van der Waals surface area contributed by atoms with E-state index in [0.717, 1.165) is 0 Å². The Balaban J connectivity index is 1.66. The van der Waals surface area contributed by atoms with Gasteiger partial charge in [0, 0.05) is 16.9 Å². The van der Waals surface area contributed by atoms with Crippen LogP contribution in [0.5, 0.6) is 17.2 Å². The van der Waals surface area contributed by atoms with Crippen LogP contribution in [-0.2, 0) is 0 Å². The van der Waals surface area contributed by atoms with Crippen molar-refractivity contribution in [2.75, 3.05) is 10.6 Å². The van der Waals surface area contributed by atoms with Gasteiger partial charge in [0.25, 0.3) is 5.91 Å². The van der Waals surface area contributed by atoms with Crippen molar-refractivity contribution >= 4 is 34.9 Å². The number of pyridine rings is 1. The van der Waals surface area contributed by atoms with Gasteiger partial charge in [0.1, 0.15) is 11.5 Å². The molecular weight excluding hydrogens is 434 g/mol. The molecule has 3 amide bonds. The molecule has 0 bridgehead atoms. The highest BCUT2D eigenvalue weighted by atomic mass is 35.5. The molecule has 0 aliphatic rings. The molecule has 31 heavy (non-hydrogen) atoms. The molecule has 0 spiro atoms. The molecule has 0 saturated carbocycles. The summed E-state index contributed by atoms with van der Waals surface area (Å²) in [5, 5.41) is 5.15. The molecule has 0 aliphatic heterocycles. The molecule has 1 aromatic heterocycles. The lowest BCUT2D eigenvalue weighted by atomic mass is 10.3. The lowest BCUT2D eigenvalue weighted by Gasteiger charge is -2.13. The van der Waals surface area contributed by atoms with Gasteiger partial charge in [0.2, 0.25) is 0 Å². The molecule has 8 nitrogen and oxygen atoms in total. The topological polar surface area (TPSA) is 116 Å². The number of hydrogen-bond donors (Lipinski definition) is 3. The van der Waals surface area contributed by atoms with Gasteiger partial charge in [-0.1, -0.05) is 11.6 Å². The minimum atomic E-state index is -3.06. The van der Waals surface area contributed by atoms with Crippen molar-refractivity contribution < 1.29 is 27.8 Å². The number of alkyl halides is 2. The molecule has 160 valence electrons. The molecule has 0 fully saturated rings. The quantitative estimate of drug-likeness (QED) is 0.477. The van der Waals surface area contributed by atoms with Crippen molar-refractivity contribution in [3.8, 4) is 17.2 Å². The Kier molecular flexibility index (Phi) is 6.83. The first-order valence-electron chi connectivity index (χ1n) is 8.67. The zero-order valence-corrected chi connectivity index (χ0v) is 16.4. The first-order chi connectivity index (χ1) is 14.8. The van der Waals surface area contributed by atoms with Crippen molar-refractivity contribution in [3.63, 3.8) is 0 Å². The van der Waals surface area contributed by atoms with Gasteiger partial charge >= 0.3 is 12.6 Å². The number of aromatic nitrogens is 1. The number of anilines is 2. The number of rotatable bonds is 7. The van der Waals surface area contributed by atoms with Gasteiger partial charge in [-0.05, 0) is 54.6 Å². The number of urea groups is 1. The number of benzene rings is 2.